The van der Waals surface area contributed by atoms with Crippen molar-refractivity contribution in [1.82, 2.24) is 15.3 Å². The van der Waals surface area contributed by atoms with Gasteiger partial charge in [-0.3, -0.25) is 0 Å². The summed E-state index contributed by atoms with van der Waals surface area (Å²) in [5, 5.41) is 7.64. The van der Waals surface area contributed by atoms with Gasteiger partial charge in [-0.2, -0.15) is 4.98 Å². The predicted molar refractivity (Wildman–Crippen MR) is 60.0 cm³/mol. The molecule has 2 heterocycles. The van der Waals surface area contributed by atoms with E-state index in [1.54, 1.807) is 0 Å². The van der Waals surface area contributed by atoms with Crippen molar-refractivity contribution in [3.8, 4) is 11.5 Å². The molecule has 0 aliphatic rings. The fourth-order valence-corrected chi connectivity index (χ4v) is 1.29. The Balaban J connectivity index is 0.000000606. The number of rotatable bonds is 2. The Morgan fingerprint density at radius 1 is 1.06 bits per heavy atom. The molecule has 0 unspecified atom stereocenters. The van der Waals surface area contributed by atoms with Gasteiger partial charge in [-0.05, 0) is 13.8 Å². The molecule has 0 aromatic carbocycles. The van der Waals surface area contributed by atoms with Crippen molar-refractivity contribution in [2.24, 2.45) is 0 Å². The standard InChI is InChI=1S/C9H11N3O2.C2H6/c1-4-7-10-9(14-12-7)8-5(2)11-13-6(8)3;1-2/h4H2,1-3H3;1-2H3. The minimum atomic E-state index is 0.484. The lowest BCUT2D eigenvalue weighted by molar-refractivity contribution is 0.392. The molecule has 0 aliphatic heterocycles. The van der Waals surface area contributed by atoms with Gasteiger partial charge < -0.3 is 9.05 Å². The number of aromatic nitrogens is 3. The third-order valence-electron chi connectivity index (χ3n) is 2.03. The largest absolute Gasteiger partial charge is 0.361 e. The van der Waals surface area contributed by atoms with E-state index < -0.39 is 0 Å². The first-order chi connectivity index (χ1) is 7.72. The van der Waals surface area contributed by atoms with E-state index in [0.717, 1.165) is 17.7 Å². The van der Waals surface area contributed by atoms with E-state index >= 15 is 0 Å². The van der Waals surface area contributed by atoms with Crippen LogP contribution in [0.15, 0.2) is 9.05 Å². The number of nitrogens with zero attached hydrogens (tertiary/aromatic N) is 3. The van der Waals surface area contributed by atoms with Crippen LogP contribution >= 0.6 is 0 Å². The van der Waals surface area contributed by atoms with Gasteiger partial charge in [0.05, 0.1) is 5.69 Å². The van der Waals surface area contributed by atoms with Crippen LogP contribution < -0.4 is 0 Å². The Morgan fingerprint density at radius 3 is 2.19 bits per heavy atom. The molecule has 2 aromatic heterocycles. The second kappa shape index (κ2) is 5.44. The van der Waals surface area contributed by atoms with E-state index in [4.69, 9.17) is 9.05 Å². The first-order valence-corrected chi connectivity index (χ1v) is 5.48. The summed E-state index contributed by atoms with van der Waals surface area (Å²) < 4.78 is 10.1. The summed E-state index contributed by atoms with van der Waals surface area (Å²) >= 11 is 0. The van der Waals surface area contributed by atoms with E-state index in [0.29, 0.717) is 17.5 Å². The van der Waals surface area contributed by atoms with Gasteiger partial charge in [0, 0.05) is 6.42 Å². The van der Waals surface area contributed by atoms with Crippen molar-refractivity contribution in [2.75, 3.05) is 0 Å². The summed E-state index contributed by atoms with van der Waals surface area (Å²) in [6.45, 7) is 9.65. The van der Waals surface area contributed by atoms with Crippen LogP contribution in [-0.4, -0.2) is 15.3 Å². The Hall–Kier alpha value is -1.65. The van der Waals surface area contributed by atoms with Gasteiger partial charge in [0.15, 0.2) is 5.82 Å². The highest BCUT2D eigenvalue weighted by Crippen LogP contribution is 2.24. The first kappa shape index (κ1) is 12.4. The van der Waals surface area contributed by atoms with Crippen molar-refractivity contribution in [1.29, 1.82) is 0 Å². The summed E-state index contributed by atoms with van der Waals surface area (Å²) in [4.78, 5) is 4.22. The summed E-state index contributed by atoms with van der Waals surface area (Å²) in [5.41, 5.74) is 1.58. The lowest BCUT2D eigenvalue weighted by Crippen LogP contribution is -1.84. The highest BCUT2D eigenvalue weighted by Gasteiger charge is 2.17. The summed E-state index contributed by atoms with van der Waals surface area (Å²) in [5.74, 6) is 1.88. The normalized spacial score (nSPS) is 9.81. The maximum atomic E-state index is 5.10. The second-order valence-electron chi connectivity index (χ2n) is 3.07. The lowest BCUT2D eigenvalue weighted by atomic mass is 10.2. The molecule has 0 N–H and O–H groups in total. The number of hydrogen-bond acceptors (Lipinski definition) is 5. The topological polar surface area (TPSA) is 65.0 Å². The summed E-state index contributed by atoms with van der Waals surface area (Å²) in [6.07, 6.45) is 0.757. The smallest absolute Gasteiger partial charge is 0.263 e. The second-order valence-corrected chi connectivity index (χ2v) is 3.07. The van der Waals surface area contributed by atoms with Crippen molar-refractivity contribution in [3.63, 3.8) is 0 Å². The molecule has 16 heavy (non-hydrogen) atoms. The van der Waals surface area contributed by atoms with Gasteiger partial charge in [0.1, 0.15) is 11.3 Å². The van der Waals surface area contributed by atoms with Crippen molar-refractivity contribution >= 4 is 0 Å². The molecule has 2 aromatic rings. The molecule has 0 saturated carbocycles. The average Bonchev–Trinajstić information content (AvgIpc) is 2.89. The molecule has 2 rings (SSSR count). The maximum absolute atomic E-state index is 5.10. The lowest BCUT2D eigenvalue weighted by Gasteiger charge is -1.88. The van der Waals surface area contributed by atoms with Crippen LogP contribution in [0.25, 0.3) is 11.5 Å². The molecule has 0 saturated heterocycles. The Labute approximate surface area is 94.8 Å². The van der Waals surface area contributed by atoms with Crippen LogP contribution in [0.5, 0.6) is 0 Å². The molecule has 0 amide bonds. The van der Waals surface area contributed by atoms with Crippen LogP contribution in [0.2, 0.25) is 0 Å². The highest BCUT2D eigenvalue weighted by molar-refractivity contribution is 5.57. The van der Waals surface area contributed by atoms with Crippen molar-refractivity contribution in [2.45, 2.75) is 41.0 Å². The van der Waals surface area contributed by atoms with Gasteiger partial charge >= 0.3 is 0 Å². The van der Waals surface area contributed by atoms with Crippen LogP contribution in [0, 0.1) is 13.8 Å². The Bertz CT molecular complexity index is 426. The minimum absolute atomic E-state index is 0.484. The third kappa shape index (κ3) is 2.29. The van der Waals surface area contributed by atoms with Gasteiger partial charge in [0.2, 0.25) is 0 Å². The zero-order chi connectivity index (χ0) is 12.1. The number of aryl methyl sites for hydroxylation is 3. The van der Waals surface area contributed by atoms with E-state index in [-0.39, 0.29) is 0 Å². The van der Waals surface area contributed by atoms with E-state index in [2.05, 4.69) is 15.3 Å². The summed E-state index contributed by atoms with van der Waals surface area (Å²) in [7, 11) is 0. The van der Waals surface area contributed by atoms with Crippen molar-refractivity contribution in [3.05, 3.63) is 17.3 Å². The number of hydrogen-bond donors (Lipinski definition) is 0. The molecular formula is C11H17N3O2. The summed E-state index contributed by atoms with van der Waals surface area (Å²) in [6, 6.07) is 0. The molecule has 88 valence electrons. The molecule has 0 atom stereocenters. The van der Waals surface area contributed by atoms with Crippen molar-refractivity contribution < 1.29 is 9.05 Å². The van der Waals surface area contributed by atoms with E-state index in [1.807, 2.05) is 34.6 Å². The fraction of sp³-hybridized carbons (Fsp3) is 0.545. The van der Waals surface area contributed by atoms with Gasteiger partial charge in [-0.15, -0.1) is 0 Å². The molecule has 0 aliphatic carbocycles. The fourth-order valence-electron chi connectivity index (χ4n) is 1.29. The minimum Gasteiger partial charge on any atom is -0.361 e. The van der Waals surface area contributed by atoms with Crippen LogP contribution in [0.1, 0.15) is 38.0 Å². The molecule has 0 bridgehead atoms. The molecule has 5 heteroatoms. The third-order valence-corrected chi connectivity index (χ3v) is 2.03. The average molecular weight is 223 g/mol. The quantitative estimate of drug-likeness (QED) is 0.783. The molecule has 0 spiro atoms. The van der Waals surface area contributed by atoms with E-state index in [1.165, 1.54) is 0 Å². The maximum Gasteiger partial charge on any atom is 0.263 e. The Kier molecular flexibility index (Phi) is 4.22. The Morgan fingerprint density at radius 2 is 1.75 bits per heavy atom. The van der Waals surface area contributed by atoms with Crippen LogP contribution in [0.3, 0.4) is 0 Å². The van der Waals surface area contributed by atoms with Gasteiger partial charge in [0.25, 0.3) is 5.89 Å². The van der Waals surface area contributed by atoms with Gasteiger partial charge in [-0.25, -0.2) is 0 Å². The monoisotopic (exact) mass is 223 g/mol. The van der Waals surface area contributed by atoms with Crippen LogP contribution in [-0.2, 0) is 6.42 Å². The van der Waals surface area contributed by atoms with E-state index in [9.17, 15) is 0 Å². The predicted octanol–water partition coefficient (Wildman–Crippen LogP) is 2.93. The molecule has 5 nitrogen and oxygen atoms in total. The first-order valence-electron chi connectivity index (χ1n) is 5.48. The zero-order valence-corrected chi connectivity index (χ0v) is 10.4. The molecule has 0 fully saturated rings. The highest BCUT2D eigenvalue weighted by atomic mass is 16.5. The SMILES string of the molecule is CC.CCc1noc(-c2c(C)noc2C)n1. The zero-order valence-electron chi connectivity index (χ0n) is 10.4. The van der Waals surface area contributed by atoms with Crippen LogP contribution in [0.4, 0.5) is 0 Å². The van der Waals surface area contributed by atoms with Gasteiger partial charge in [-0.1, -0.05) is 31.1 Å². The molecular weight excluding hydrogens is 206 g/mol. The molecule has 0 radical (unpaired) electrons.